The molecule has 3 nitrogen and oxygen atoms in total. The number of hydrogen-bond donors (Lipinski definition) is 2. The summed E-state index contributed by atoms with van der Waals surface area (Å²) in [4.78, 5) is 7.96. The van der Waals surface area contributed by atoms with Gasteiger partial charge in [-0.15, -0.1) is 0 Å². The molecule has 3 aromatic rings. The van der Waals surface area contributed by atoms with E-state index in [2.05, 4.69) is 25.9 Å². The van der Waals surface area contributed by atoms with E-state index in [4.69, 9.17) is 5.73 Å². The number of para-hydroxylation sites is 1. The Morgan fingerprint density at radius 1 is 1.11 bits per heavy atom. The van der Waals surface area contributed by atoms with Crippen LogP contribution in [0.5, 0.6) is 0 Å². The Labute approximate surface area is 113 Å². The number of fused-ring (bicyclic) bond motifs is 1. The van der Waals surface area contributed by atoms with Crippen LogP contribution in [0.25, 0.3) is 22.4 Å². The van der Waals surface area contributed by atoms with Crippen LogP contribution in [0.4, 0.5) is 0 Å². The fraction of sp³-hybridized carbons (Fsp3) is 0.0714. The van der Waals surface area contributed by atoms with Crippen LogP contribution in [0.15, 0.2) is 46.9 Å². The molecule has 0 saturated heterocycles. The molecule has 0 spiro atoms. The zero-order valence-corrected chi connectivity index (χ0v) is 11.2. The van der Waals surface area contributed by atoms with Crippen LogP contribution in [0.2, 0.25) is 0 Å². The molecule has 0 amide bonds. The van der Waals surface area contributed by atoms with E-state index in [-0.39, 0.29) is 0 Å². The number of aromatic amines is 1. The van der Waals surface area contributed by atoms with Gasteiger partial charge in [0.2, 0.25) is 0 Å². The number of rotatable bonds is 2. The number of aromatic nitrogens is 2. The summed E-state index contributed by atoms with van der Waals surface area (Å²) < 4.78 is 1.06. The van der Waals surface area contributed by atoms with Crippen LogP contribution in [0.1, 0.15) is 5.56 Å². The van der Waals surface area contributed by atoms with Gasteiger partial charge in [-0.1, -0.05) is 40.2 Å². The number of hydrogen-bond acceptors (Lipinski definition) is 2. The predicted molar refractivity (Wildman–Crippen MR) is 77.1 cm³/mol. The van der Waals surface area contributed by atoms with Gasteiger partial charge in [-0.3, -0.25) is 0 Å². The number of H-pyrrole nitrogens is 1. The second kappa shape index (κ2) is 4.55. The van der Waals surface area contributed by atoms with E-state index >= 15 is 0 Å². The van der Waals surface area contributed by atoms with Crippen molar-refractivity contribution < 1.29 is 0 Å². The third kappa shape index (κ3) is 1.94. The molecule has 0 atom stereocenters. The van der Waals surface area contributed by atoms with E-state index in [1.807, 2.05) is 42.5 Å². The van der Waals surface area contributed by atoms with Gasteiger partial charge in [0.1, 0.15) is 5.82 Å². The summed E-state index contributed by atoms with van der Waals surface area (Å²) in [5.41, 5.74) is 9.83. The molecule has 0 radical (unpaired) electrons. The van der Waals surface area contributed by atoms with Crippen molar-refractivity contribution in [3.63, 3.8) is 0 Å². The average molecular weight is 302 g/mol. The highest BCUT2D eigenvalue weighted by Gasteiger charge is 2.07. The highest BCUT2D eigenvalue weighted by molar-refractivity contribution is 9.10. The summed E-state index contributed by atoms with van der Waals surface area (Å²) in [7, 11) is 0. The first-order chi connectivity index (χ1) is 8.78. The molecule has 0 aliphatic rings. The Morgan fingerprint density at radius 2 is 1.89 bits per heavy atom. The van der Waals surface area contributed by atoms with Gasteiger partial charge in [0.15, 0.2) is 0 Å². The van der Waals surface area contributed by atoms with Crippen LogP contribution in [-0.2, 0) is 6.54 Å². The second-order valence-corrected chi connectivity index (χ2v) is 5.03. The van der Waals surface area contributed by atoms with Crippen molar-refractivity contribution >= 4 is 27.0 Å². The Hall–Kier alpha value is -1.65. The average Bonchev–Trinajstić information content (AvgIpc) is 2.83. The molecular formula is C14H12BrN3. The molecule has 3 N–H and O–H groups in total. The largest absolute Gasteiger partial charge is 0.338 e. The minimum Gasteiger partial charge on any atom is -0.338 e. The molecule has 1 heterocycles. The van der Waals surface area contributed by atoms with Crippen molar-refractivity contribution in [1.29, 1.82) is 0 Å². The first-order valence-electron chi connectivity index (χ1n) is 5.71. The van der Waals surface area contributed by atoms with Gasteiger partial charge in [-0.25, -0.2) is 4.98 Å². The van der Waals surface area contributed by atoms with Gasteiger partial charge in [0, 0.05) is 16.6 Å². The maximum absolute atomic E-state index is 5.72. The highest BCUT2D eigenvalue weighted by atomic mass is 79.9. The Kier molecular flexibility index (Phi) is 2.89. The lowest BCUT2D eigenvalue weighted by Gasteiger charge is -1.96. The zero-order chi connectivity index (χ0) is 12.5. The first-order valence-corrected chi connectivity index (χ1v) is 6.51. The Balaban J connectivity index is 2.16. The summed E-state index contributed by atoms with van der Waals surface area (Å²) in [6.07, 6.45) is 0. The van der Waals surface area contributed by atoms with E-state index in [1.54, 1.807) is 0 Å². The third-order valence-corrected chi connectivity index (χ3v) is 3.46. The zero-order valence-electron chi connectivity index (χ0n) is 9.65. The van der Waals surface area contributed by atoms with Crippen molar-refractivity contribution in [3.05, 3.63) is 52.5 Å². The fourth-order valence-electron chi connectivity index (χ4n) is 2.00. The molecule has 3 rings (SSSR count). The molecular weight excluding hydrogens is 290 g/mol. The summed E-state index contributed by atoms with van der Waals surface area (Å²) in [6, 6.07) is 14.1. The molecule has 0 aliphatic carbocycles. The molecule has 0 unspecified atom stereocenters. The van der Waals surface area contributed by atoms with E-state index in [9.17, 15) is 0 Å². The number of halogens is 1. The third-order valence-electron chi connectivity index (χ3n) is 2.93. The highest BCUT2D eigenvalue weighted by Crippen LogP contribution is 2.23. The van der Waals surface area contributed by atoms with Crippen LogP contribution in [-0.4, -0.2) is 9.97 Å². The number of nitrogens with zero attached hydrogens (tertiary/aromatic N) is 1. The maximum Gasteiger partial charge on any atom is 0.138 e. The van der Waals surface area contributed by atoms with E-state index in [1.165, 1.54) is 0 Å². The van der Waals surface area contributed by atoms with Gasteiger partial charge in [0.25, 0.3) is 0 Å². The van der Waals surface area contributed by atoms with Crippen LogP contribution < -0.4 is 5.73 Å². The molecule has 4 heteroatoms. The monoisotopic (exact) mass is 301 g/mol. The van der Waals surface area contributed by atoms with Crippen molar-refractivity contribution in [2.45, 2.75) is 6.54 Å². The quantitative estimate of drug-likeness (QED) is 0.762. The molecule has 0 bridgehead atoms. The molecule has 90 valence electrons. The molecule has 0 aliphatic heterocycles. The number of imidazole rings is 1. The summed E-state index contributed by atoms with van der Waals surface area (Å²) >= 11 is 3.43. The van der Waals surface area contributed by atoms with Crippen molar-refractivity contribution in [3.8, 4) is 11.4 Å². The van der Waals surface area contributed by atoms with Crippen molar-refractivity contribution in [2.75, 3.05) is 0 Å². The van der Waals surface area contributed by atoms with Crippen LogP contribution >= 0.6 is 15.9 Å². The minimum atomic E-state index is 0.502. The SMILES string of the molecule is NCc1cccc2[nH]c(-c3ccc(Br)cc3)nc12. The predicted octanol–water partition coefficient (Wildman–Crippen LogP) is 3.45. The topological polar surface area (TPSA) is 54.7 Å². The molecule has 0 saturated carbocycles. The Morgan fingerprint density at radius 3 is 2.61 bits per heavy atom. The van der Waals surface area contributed by atoms with Gasteiger partial charge < -0.3 is 10.7 Å². The van der Waals surface area contributed by atoms with Gasteiger partial charge >= 0.3 is 0 Å². The van der Waals surface area contributed by atoms with Gasteiger partial charge in [-0.2, -0.15) is 0 Å². The summed E-state index contributed by atoms with van der Waals surface area (Å²) in [5, 5.41) is 0. The van der Waals surface area contributed by atoms with E-state index < -0.39 is 0 Å². The first kappa shape index (κ1) is 11.4. The summed E-state index contributed by atoms with van der Waals surface area (Å²) in [5.74, 6) is 0.874. The van der Waals surface area contributed by atoms with Gasteiger partial charge in [0.05, 0.1) is 11.0 Å². The molecule has 0 fully saturated rings. The molecule has 2 aromatic carbocycles. The maximum atomic E-state index is 5.72. The van der Waals surface area contributed by atoms with Crippen LogP contribution in [0, 0.1) is 0 Å². The normalized spacial score (nSPS) is 11.0. The Bertz CT molecular complexity index is 686. The van der Waals surface area contributed by atoms with Crippen LogP contribution in [0.3, 0.4) is 0 Å². The number of benzene rings is 2. The molecule has 18 heavy (non-hydrogen) atoms. The lowest BCUT2D eigenvalue weighted by Crippen LogP contribution is -1.96. The number of nitrogens with two attached hydrogens (primary N) is 1. The van der Waals surface area contributed by atoms with E-state index in [0.29, 0.717) is 6.54 Å². The fourth-order valence-corrected chi connectivity index (χ4v) is 2.27. The van der Waals surface area contributed by atoms with Gasteiger partial charge in [-0.05, 0) is 23.8 Å². The summed E-state index contributed by atoms with van der Waals surface area (Å²) in [6.45, 7) is 0.502. The van der Waals surface area contributed by atoms with Crippen molar-refractivity contribution in [2.24, 2.45) is 5.73 Å². The smallest absolute Gasteiger partial charge is 0.138 e. The van der Waals surface area contributed by atoms with E-state index in [0.717, 1.165) is 32.5 Å². The standard InChI is InChI=1S/C14H12BrN3/c15-11-6-4-9(5-7-11)14-17-12-3-1-2-10(8-16)13(12)18-14/h1-7H,8,16H2,(H,17,18). The lowest BCUT2D eigenvalue weighted by atomic mass is 10.2. The van der Waals surface area contributed by atoms with Crippen molar-refractivity contribution in [1.82, 2.24) is 9.97 Å². The minimum absolute atomic E-state index is 0.502. The number of nitrogens with one attached hydrogen (secondary N) is 1. The lowest BCUT2D eigenvalue weighted by molar-refractivity contribution is 1.08. The molecule has 1 aromatic heterocycles. The second-order valence-electron chi connectivity index (χ2n) is 4.11.